The Morgan fingerprint density at radius 3 is 1.63 bits per heavy atom. The van der Waals surface area contributed by atoms with Gasteiger partial charge in [0.2, 0.25) is 0 Å². The highest BCUT2D eigenvalue weighted by atomic mass is 16.5. The SMILES string of the molecule is CCOC(=O)/C=C\C(=O)O.COC(=O)/C=C\C(=O)O. The van der Waals surface area contributed by atoms with Crippen LogP contribution in [0.1, 0.15) is 6.92 Å². The predicted octanol–water partition coefficient (Wildman–Crippen LogP) is -0.00950. The largest absolute Gasteiger partial charge is 0.478 e. The molecule has 0 saturated carbocycles. The number of esters is 2. The predicted molar refractivity (Wildman–Crippen MR) is 62.2 cm³/mol. The summed E-state index contributed by atoms with van der Waals surface area (Å²) in [7, 11) is 1.18. The molecule has 0 unspecified atom stereocenters. The van der Waals surface area contributed by atoms with E-state index in [1.807, 2.05) is 0 Å². The Hall–Kier alpha value is -2.64. The van der Waals surface area contributed by atoms with Gasteiger partial charge >= 0.3 is 23.9 Å². The lowest BCUT2D eigenvalue weighted by Gasteiger charge is -1.92. The molecule has 8 nitrogen and oxygen atoms in total. The molecule has 0 aliphatic carbocycles. The molecule has 8 heteroatoms. The Bertz CT molecular complexity index is 380. The maximum atomic E-state index is 10.4. The second kappa shape index (κ2) is 11.8. The van der Waals surface area contributed by atoms with Gasteiger partial charge in [-0.15, -0.1) is 0 Å². The van der Waals surface area contributed by atoms with Gasteiger partial charge in [-0.25, -0.2) is 19.2 Å². The van der Waals surface area contributed by atoms with E-state index >= 15 is 0 Å². The van der Waals surface area contributed by atoms with Crippen LogP contribution in [0.25, 0.3) is 0 Å². The molecule has 2 N–H and O–H groups in total. The van der Waals surface area contributed by atoms with Gasteiger partial charge in [0.25, 0.3) is 0 Å². The van der Waals surface area contributed by atoms with Crippen LogP contribution in [0.2, 0.25) is 0 Å². The molecular formula is C11H14O8. The molecule has 0 bridgehead atoms. The summed E-state index contributed by atoms with van der Waals surface area (Å²) in [5, 5.41) is 16.0. The van der Waals surface area contributed by atoms with Crippen molar-refractivity contribution >= 4 is 23.9 Å². The van der Waals surface area contributed by atoms with E-state index in [2.05, 4.69) is 9.47 Å². The molecule has 0 rings (SSSR count). The van der Waals surface area contributed by atoms with Gasteiger partial charge in [-0.05, 0) is 6.92 Å². The van der Waals surface area contributed by atoms with Crippen LogP contribution < -0.4 is 0 Å². The molecule has 0 fully saturated rings. The fourth-order valence-corrected chi connectivity index (χ4v) is 0.537. The van der Waals surface area contributed by atoms with Crippen LogP contribution in [0.3, 0.4) is 0 Å². The Labute approximate surface area is 108 Å². The summed E-state index contributed by atoms with van der Waals surface area (Å²) in [4.78, 5) is 40.1. The maximum Gasteiger partial charge on any atom is 0.330 e. The minimum Gasteiger partial charge on any atom is -0.478 e. The molecule has 0 heterocycles. The van der Waals surface area contributed by atoms with Crippen LogP contribution in [0.5, 0.6) is 0 Å². The van der Waals surface area contributed by atoms with E-state index in [4.69, 9.17) is 10.2 Å². The lowest BCUT2D eigenvalue weighted by molar-refractivity contribution is -0.138. The molecule has 19 heavy (non-hydrogen) atoms. The second-order valence-corrected chi connectivity index (χ2v) is 2.62. The van der Waals surface area contributed by atoms with Gasteiger partial charge < -0.3 is 19.7 Å². The summed E-state index contributed by atoms with van der Waals surface area (Å²) >= 11 is 0. The fourth-order valence-electron chi connectivity index (χ4n) is 0.537. The molecule has 0 aliphatic heterocycles. The second-order valence-electron chi connectivity index (χ2n) is 2.62. The lowest BCUT2D eigenvalue weighted by Crippen LogP contribution is -2.00. The van der Waals surface area contributed by atoms with E-state index in [1.54, 1.807) is 6.92 Å². The first-order valence-corrected chi connectivity index (χ1v) is 4.90. The molecule has 0 aromatic heterocycles. The monoisotopic (exact) mass is 274 g/mol. The summed E-state index contributed by atoms with van der Waals surface area (Å²) in [6.45, 7) is 1.90. The van der Waals surface area contributed by atoms with E-state index < -0.39 is 23.9 Å². The van der Waals surface area contributed by atoms with Gasteiger partial charge in [-0.2, -0.15) is 0 Å². The van der Waals surface area contributed by atoms with Gasteiger partial charge in [-0.3, -0.25) is 0 Å². The standard InChI is InChI=1S/C6H8O4.C5H6O4/c1-2-10-6(9)4-3-5(7)8;1-9-5(8)3-2-4(6)7/h3-4H,2H2,1H3,(H,7,8);2-3H,1H3,(H,6,7)/b4-3-;3-2-. The Kier molecular flexibility index (Phi) is 11.7. The number of carboxylic acid groups (broad SMARTS) is 2. The average molecular weight is 274 g/mol. The van der Waals surface area contributed by atoms with E-state index in [9.17, 15) is 19.2 Å². The van der Waals surface area contributed by atoms with Crippen LogP contribution in [0.15, 0.2) is 24.3 Å². The number of hydrogen-bond acceptors (Lipinski definition) is 6. The number of carbonyl (C=O) groups excluding carboxylic acids is 2. The molecule has 0 aliphatic rings. The van der Waals surface area contributed by atoms with E-state index in [1.165, 1.54) is 7.11 Å². The number of hydrogen-bond donors (Lipinski definition) is 2. The Morgan fingerprint density at radius 2 is 1.32 bits per heavy atom. The Balaban J connectivity index is 0. The summed E-state index contributed by atoms with van der Waals surface area (Å²) in [6.07, 6.45) is 3.15. The van der Waals surface area contributed by atoms with Crippen LogP contribution in [0.4, 0.5) is 0 Å². The van der Waals surface area contributed by atoms with Crippen molar-refractivity contribution in [2.75, 3.05) is 13.7 Å². The molecule has 0 saturated heterocycles. The third kappa shape index (κ3) is 17.9. The molecule has 0 aromatic rings. The molecule has 0 radical (unpaired) electrons. The van der Waals surface area contributed by atoms with Crippen LogP contribution in [-0.2, 0) is 28.7 Å². The third-order valence-corrected chi connectivity index (χ3v) is 1.21. The number of carboxylic acids is 2. The smallest absolute Gasteiger partial charge is 0.330 e. The molecular weight excluding hydrogens is 260 g/mol. The molecule has 0 spiro atoms. The van der Waals surface area contributed by atoms with Crippen molar-refractivity contribution in [3.8, 4) is 0 Å². The Morgan fingerprint density at radius 1 is 0.895 bits per heavy atom. The number of methoxy groups -OCH3 is 1. The van der Waals surface area contributed by atoms with Crippen molar-refractivity contribution in [3.63, 3.8) is 0 Å². The topological polar surface area (TPSA) is 127 Å². The van der Waals surface area contributed by atoms with Crippen molar-refractivity contribution in [2.24, 2.45) is 0 Å². The third-order valence-electron chi connectivity index (χ3n) is 1.21. The van der Waals surface area contributed by atoms with Gasteiger partial charge in [0.05, 0.1) is 13.7 Å². The molecule has 0 aromatic carbocycles. The minimum atomic E-state index is -1.17. The normalized spacial score (nSPS) is 9.58. The van der Waals surface area contributed by atoms with Crippen molar-refractivity contribution in [2.45, 2.75) is 6.92 Å². The first-order chi connectivity index (χ1) is 8.83. The first kappa shape index (κ1) is 18.7. The molecule has 0 atom stereocenters. The maximum absolute atomic E-state index is 10.4. The van der Waals surface area contributed by atoms with Gasteiger partial charge in [0.15, 0.2) is 0 Å². The summed E-state index contributed by atoms with van der Waals surface area (Å²) < 4.78 is 8.51. The summed E-state index contributed by atoms with van der Waals surface area (Å²) in [6, 6.07) is 0. The highest BCUT2D eigenvalue weighted by Gasteiger charge is 1.94. The zero-order valence-corrected chi connectivity index (χ0v) is 10.4. The van der Waals surface area contributed by atoms with Gasteiger partial charge in [0, 0.05) is 24.3 Å². The minimum absolute atomic E-state index is 0.253. The fraction of sp³-hybridized carbons (Fsp3) is 0.273. The molecule has 106 valence electrons. The summed E-state index contributed by atoms with van der Waals surface area (Å²) in [5.74, 6) is -3.63. The van der Waals surface area contributed by atoms with Crippen molar-refractivity contribution < 1.29 is 38.9 Å². The first-order valence-electron chi connectivity index (χ1n) is 4.90. The summed E-state index contributed by atoms with van der Waals surface area (Å²) in [5.41, 5.74) is 0. The van der Waals surface area contributed by atoms with Crippen molar-refractivity contribution in [3.05, 3.63) is 24.3 Å². The van der Waals surface area contributed by atoms with Gasteiger partial charge in [-0.1, -0.05) is 0 Å². The van der Waals surface area contributed by atoms with E-state index in [-0.39, 0.29) is 6.61 Å². The zero-order valence-electron chi connectivity index (χ0n) is 10.4. The molecule has 0 amide bonds. The highest BCUT2D eigenvalue weighted by Crippen LogP contribution is 1.80. The van der Waals surface area contributed by atoms with Crippen LogP contribution >= 0.6 is 0 Å². The van der Waals surface area contributed by atoms with Gasteiger partial charge in [0.1, 0.15) is 0 Å². The number of carbonyl (C=O) groups is 4. The lowest BCUT2D eigenvalue weighted by atomic mass is 10.5. The van der Waals surface area contributed by atoms with E-state index in [0.717, 1.165) is 18.2 Å². The number of rotatable bonds is 5. The highest BCUT2D eigenvalue weighted by molar-refractivity contribution is 5.91. The van der Waals surface area contributed by atoms with Crippen molar-refractivity contribution in [1.82, 2.24) is 0 Å². The van der Waals surface area contributed by atoms with Crippen molar-refractivity contribution in [1.29, 1.82) is 0 Å². The van der Waals surface area contributed by atoms with E-state index in [0.29, 0.717) is 6.08 Å². The quantitative estimate of drug-likeness (QED) is 0.529. The zero-order chi connectivity index (χ0) is 15.3. The average Bonchev–Trinajstić information content (AvgIpc) is 2.34. The number of aliphatic carboxylic acids is 2. The van der Waals surface area contributed by atoms with Crippen LogP contribution in [0, 0.1) is 0 Å². The number of ether oxygens (including phenoxy) is 2. The van der Waals surface area contributed by atoms with Crippen LogP contribution in [-0.4, -0.2) is 47.8 Å².